The lowest BCUT2D eigenvalue weighted by molar-refractivity contribution is 0.398. The van der Waals surface area contributed by atoms with Gasteiger partial charge in [-0.15, -0.1) is 0 Å². The van der Waals surface area contributed by atoms with Crippen LogP contribution in [0.25, 0.3) is 0 Å². The largest absolute Gasteiger partial charge is 0.389 e. The predicted molar refractivity (Wildman–Crippen MR) is 65.4 cm³/mol. The van der Waals surface area contributed by atoms with Crippen LogP contribution >= 0.6 is 0 Å². The average molecular weight is 197 g/mol. The lowest BCUT2D eigenvalue weighted by atomic mass is 9.91. The maximum Gasteiger partial charge on any atom is 0.0143 e. The minimum Gasteiger partial charge on any atom is -0.389 e. The molecule has 0 aromatic rings. The summed E-state index contributed by atoms with van der Waals surface area (Å²) in [7, 11) is 0. The average Bonchev–Trinajstić information content (AvgIpc) is 2.00. The number of allylic oxidation sites excluding steroid dienone is 1. The molecule has 0 aliphatic rings. The Kier molecular flexibility index (Phi) is 6.69. The van der Waals surface area contributed by atoms with E-state index in [9.17, 15) is 0 Å². The predicted octanol–water partition coefficient (Wildman–Crippen LogP) is 4.11. The second-order valence-electron chi connectivity index (χ2n) is 5.33. The van der Waals surface area contributed by atoms with E-state index in [4.69, 9.17) is 0 Å². The van der Waals surface area contributed by atoms with E-state index in [1.54, 1.807) is 0 Å². The molecular weight excluding hydrogens is 170 g/mol. The van der Waals surface area contributed by atoms with E-state index < -0.39 is 0 Å². The molecule has 0 unspecified atom stereocenters. The first-order valence-corrected chi connectivity index (χ1v) is 5.87. The van der Waals surface area contributed by atoms with Crippen LogP contribution in [0.1, 0.15) is 59.8 Å². The van der Waals surface area contributed by atoms with E-state index in [1.807, 2.05) is 0 Å². The van der Waals surface area contributed by atoms with Crippen LogP contribution < -0.4 is 5.32 Å². The monoisotopic (exact) mass is 197 g/mol. The van der Waals surface area contributed by atoms with E-state index in [0.29, 0.717) is 5.41 Å². The van der Waals surface area contributed by atoms with Gasteiger partial charge in [0.2, 0.25) is 0 Å². The quantitative estimate of drug-likeness (QED) is 0.606. The summed E-state index contributed by atoms with van der Waals surface area (Å²) in [6.07, 6.45) is 6.35. The molecule has 84 valence electrons. The van der Waals surface area contributed by atoms with Gasteiger partial charge in [-0.25, -0.2) is 0 Å². The van der Waals surface area contributed by atoms with Crippen LogP contribution in [0.2, 0.25) is 0 Å². The van der Waals surface area contributed by atoms with Crippen LogP contribution in [-0.2, 0) is 0 Å². The Balaban J connectivity index is 3.36. The smallest absolute Gasteiger partial charge is 0.0143 e. The molecule has 1 N–H and O–H groups in total. The van der Waals surface area contributed by atoms with E-state index in [1.165, 1.54) is 31.4 Å². The van der Waals surface area contributed by atoms with Gasteiger partial charge in [-0.1, -0.05) is 53.5 Å². The van der Waals surface area contributed by atoms with E-state index in [2.05, 4.69) is 39.6 Å². The molecule has 0 aromatic heterocycles. The zero-order valence-electron chi connectivity index (χ0n) is 10.4. The highest BCUT2D eigenvalue weighted by Gasteiger charge is 2.11. The second kappa shape index (κ2) is 6.92. The van der Waals surface area contributed by atoms with Crippen molar-refractivity contribution in [3.8, 4) is 0 Å². The molecule has 0 aliphatic carbocycles. The van der Waals surface area contributed by atoms with Gasteiger partial charge in [0.1, 0.15) is 0 Å². The SMILES string of the molecule is C=C(CC(C)(C)C)NCCCCCC. The maximum atomic E-state index is 4.05. The van der Waals surface area contributed by atoms with Crippen molar-refractivity contribution >= 4 is 0 Å². The van der Waals surface area contributed by atoms with Crippen LogP contribution in [0, 0.1) is 5.41 Å². The Hall–Kier alpha value is -0.460. The number of hydrogen-bond acceptors (Lipinski definition) is 1. The summed E-state index contributed by atoms with van der Waals surface area (Å²) in [5, 5.41) is 3.40. The van der Waals surface area contributed by atoms with Gasteiger partial charge in [0.05, 0.1) is 0 Å². The Labute approximate surface area is 90.0 Å². The normalized spacial score (nSPS) is 11.4. The lowest BCUT2D eigenvalue weighted by Gasteiger charge is -2.20. The molecule has 0 aromatic carbocycles. The summed E-state index contributed by atoms with van der Waals surface area (Å²) in [4.78, 5) is 0. The van der Waals surface area contributed by atoms with Crippen molar-refractivity contribution in [2.24, 2.45) is 5.41 Å². The molecule has 14 heavy (non-hydrogen) atoms. The molecule has 0 saturated heterocycles. The van der Waals surface area contributed by atoms with Gasteiger partial charge in [-0.3, -0.25) is 0 Å². The van der Waals surface area contributed by atoms with Gasteiger partial charge >= 0.3 is 0 Å². The molecule has 0 fully saturated rings. The molecule has 0 atom stereocenters. The molecule has 0 amide bonds. The van der Waals surface area contributed by atoms with Gasteiger partial charge in [0.15, 0.2) is 0 Å². The standard InChI is InChI=1S/C13H27N/c1-6-7-8-9-10-14-12(2)11-13(3,4)5/h14H,2,6-11H2,1,3-5H3. The molecule has 0 rings (SSSR count). The van der Waals surface area contributed by atoms with Gasteiger partial charge in [-0.2, -0.15) is 0 Å². The highest BCUT2D eigenvalue weighted by Crippen LogP contribution is 2.21. The number of rotatable bonds is 7. The third-order valence-corrected chi connectivity index (χ3v) is 2.15. The number of nitrogens with one attached hydrogen (secondary N) is 1. The van der Waals surface area contributed by atoms with Crippen LogP contribution in [0.5, 0.6) is 0 Å². The van der Waals surface area contributed by atoms with E-state index in [0.717, 1.165) is 13.0 Å². The summed E-state index contributed by atoms with van der Waals surface area (Å²) in [6, 6.07) is 0. The first kappa shape index (κ1) is 13.5. The summed E-state index contributed by atoms with van der Waals surface area (Å²) in [5.41, 5.74) is 1.54. The Bertz CT molecular complexity index is 153. The topological polar surface area (TPSA) is 12.0 Å². The first-order valence-electron chi connectivity index (χ1n) is 5.87. The minimum absolute atomic E-state index is 0.355. The summed E-state index contributed by atoms with van der Waals surface area (Å²) >= 11 is 0. The van der Waals surface area contributed by atoms with Crippen LogP contribution in [-0.4, -0.2) is 6.54 Å². The molecule has 0 radical (unpaired) electrons. The molecule has 0 aliphatic heterocycles. The zero-order valence-corrected chi connectivity index (χ0v) is 10.4. The maximum absolute atomic E-state index is 4.05. The first-order chi connectivity index (χ1) is 6.45. The Morgan fingerprint density at radius 2 is 1.79 bits per heavy atom. The fourth-order valence-electron chi connectivity index (χ4n) is 1.52. The number of hydrogen-bond donors (Lipinski definition) is 1. The molecule has 0 saturated carbocycles. The van der Waals surface area contributed by atoms with Crippen molar-refractivity contribution in [1.82, 2.24) is 5.32 Å². The van der Waals surface area contributed by atoms with Crippen molar-refractivity contribution in [2.75, 3.05) is 6.54 Å². The lowest BCUT2D eigenvalue weighted by Crippen LogP contribution is -2.18. The zero-order chi connectivity index (χ0) is 11.0. The molecular formula is C13H27N. The van der Waals surface area contributed by atoms with Crippen molar-refractivity contribution in [3.05, 3.63) is 12.3 Å². The van der Waals surface area contributed by atoms with Gasteiger partial charge in [0, 0.05) is 12.2 Å². The summed E-state index contributed by atoms with van der Waals surface area (Å²) < 4.78 is 0. The third kappa shape index (κ3) is 9.63. The second-order valence-corrected chi connectivity index (χ2v) is 5.33. The van der Waals surface area contributed by atoms with Crippen molar-refractivity contribution < 1.29 is 0 Å². The Morgan fingerprint density at radius 1 is 1.14 bits per heavy atom. The fourth-order valence-corrected chi connectivity index (χ4v) is 1.52. The van der Waals surface area contributed by atoms with Crippen LogP contribution in [0.4, 0.5) is 0 Å². The molecule has 0 spiro atoms. The van der Waals surface area contributed by atoms with Gasteiger partial charge in [-0.05, 0) is 18.3 Å². The molecule has 0 heterocycles. The van der Waals surface area contributed by atoms with Crippen molar-refractivity contribution in [2.45, 2.75) is 59.8 Å². The molecule has 0 bridgehead atoms. The Morgan fingerprint density at radius 3 is 2.29 bits per heavy atom. The summed E-state index contributed by atoms with van der Waals surface area (Å²) in [6.45, 7) is 14.1. The van der Waals surface area contributed by atoms with Crippen LogP contribution in [0.3, 0.4) is 0 Å². The van der Waals surface area contributed by atoms with Gasteiger partial charge in [0.25, 0.3) is 0 Å². The van der Waals surface area contributed by atoms with E-state index in [-0.39, 0.29) is 0 Å². The third-order valence-electron chi connectivity index (χ3n) is 2.15. The van der Waals surface area contributed by atoms with Crippen molar-refractivity contribution in [1.29, 1.82) is 0 Å². The van der Waals surface area contributed by atoms with E-state index >= 15 is 0 Å². The van der Waals surface area contributed by atoms with Crippen molar-refractivity contribution in [3.63, 3.8) is 0 Å². The van der Waals surface area contributed by atoms with Crippen LogP contribution in [0.15, 0.2) is 12.3 Å². The molecule has 1 heteroatoms. The molecule has 1 nitrogen and oxygen atoms in total. The fraction of sp³-hybridized carbons (Fsp3) is 0.846. The minimum atomic E-state index is 0.355. The number of unbranched alkanes of at least 4 members (excludes halogenated alkanes) is 3. The van der Waals surface area contributed by atoms with Gasteiger partial charge < -0.3 is 5.32 Å². The highest BCUT2D eigenvalue weighted by atomic mass is 14.9. The highest BCUT2D eigenvalue weighted by molar-refractivity contribution is 4.94. The summed E-state index contributed by atoms with van der Waals surface area (Å²) in [5.74, 6) is 0.